The number of hydrogen-bond donors (Lipinski definition) is 1. The van der Waals surface area contributed by atoms with Gasteiger partial charge >= 0.3 is 6.09 Å². The quantitative estimate of drug-likeness (QED) is 0.327. The largest absolute Gasteiger partial charge is 0.443 e. The van der Waals surface area contributed by atoms with Crippen LogP contribution in [0.3, 0.4) is 0 Å². The van der Waals surface area contributed by atoms with Crippen molar-refractivity contribution in [2.24, 2.45) is 5.92 Å². The molecule has 0 radical (unpaired) electrons. The standard InChI is InChI=1S/C31H37Cl3N2O6/c1-18-27-26(19-6-8-20(32)9-7-19)23(22-11-10-21(33)16-24(22)34)12-13-31(27,35-25(37)17-41-15-14-40-5)28(38)36(18)29(39)42-30(2,3)4/h6-11,16,18,23,26-27H,12-15,17H2,1-5H3,(H,35,37)/t18-,23+,26+,27+,31+/m1/s1. The fraction of sp³-hybridized carbons (Fsp3) is 0.516. The van der Waals surface area contributed by atoms with Gasteiger partial charge in [-0.3, -0.25) is 9.59 Å². The number of halogens is 3. The van der Waals surface area contributed by atoms with Crippen LogP contribution in [-0.2, 0) is 23.8 Å². The highest BCUT2D eigenvalue weighted by Crippen LogP contribution is 2.57. The maximum atomic E-state index is 14.4. The molecule has 2 aromatic rings. The lowest BCUT2D eigenvalue weighted by Crippen LogP contribution is -2.62. The monoisotopic (exact) mass is 638 g/mol. The van der Waals surface area contributed by atoms with E-state index < -0.39 is 41.0 Å². The fourth-order valence-electron chi connectivity index (χ4n) is 6.44. The van der Waals surface area contributed by atoms with Crippen LogP contribution >= 0.6 is 34.8 Å². The van der Waals surface area contributed by atoms with Crippen molar-refractivity contribution in [2.45, 2.75) is 69.6 Å². The molecule has 0 spiro atoms. The Morgan fingerprint density at radius 3 is 2.33 bits per heavy atom. The second kappa shape index (κ2) is 13.1. The van der Waals surface area contributed by atoms with E-state index in [1.807, 2.05) is 25.1 Å². The summed E-state index contributed by atoms with van der Waals surface area (Å²) in [4.78, 5) is 42.3. The number of fused-ring (bicyclic) bond motifs is 1. The van der Waals surface area contributed by atoms with Gasteiger partial charge in [-0.15, -0.1) is 0 Å². The molecule has 1 heterocycles. The Morgan fingerprint density at radius 1 is 1.05 bits per heavy atom. The van der Waals surface area contributed by atoms with Crippen molar-refractivity contribution in [3.05, 3.63) is 68.7 Å². The van der Waals surface area contributed by atoms with E-state index >= 15 is 0 Å². The minimum atomic E-state index is -1.39. The van der Waals surface area contributed by atoms with E-state index in [-0.39, 0.29) is 31.5 Å². The topological polar surface area (TPSA) is 94.2 Å². The molecule has 2 aliphatic rings. The molecule has 0 unspecified atom stereocenters. The van der Waals surface area contributed by atoms with Gasteiger partial charge < -0.3 is 19.5 Å². The first-order valence-corrected chi connectivity index (χ1v) is 15.1. The average molecular weight is 640 g/mol. The first kappa shape index (κ1) is 32.6. The van der Waals surface area contributed by atoms with Crippen molar-refractivity contribution in [2.75, 3.05) is 26.9 Å². The lowest BCUT2D eigenvalue weighted by atomic mass is 9.58. The lowest BCUT2D eigenvalue weighted by molar-refractivity contribution is -0.140. The van der Waals surface area contributed by atoms with E-state index in [0.29, 0.717) is 28.1 Å². The van der Waals surface area contributed by atoms with Gasteiger partial charge in [-0.05, 0) is 87.8 Å². The van der Waals surface area contributed by atoms with Crippen LogP contribution in [-0.4, -0.2) is 66.9 Å². The zero-order valence-corrected chi connectivity index (χ0v) is 26.7. The summed E-state index contributed by atoms with van der Waals surface area (Å²) in [5.74, 6) is -1.99. The second-order valence-electron chi connectivity index (χ2n) is 11.9. The summed E-state index contributed by atoms with van der Waals surface area (Å²) in [5.41, 5.74) is -0.441. The lowest BCUT2D eigenvalue weighted by Gasteiger charge is -2.48. The van der Waals surface area contributed by atoms with Crippen LogP contribution in [0.25, 0.3) is 0 Å². The van der Waals surface area contributed by atoms with Crippen molar-refractivity contribution in [1.29, 1.82) is 0 Å². The smallest absolute Gasteiger partial charge is 0.417 e. The number of methoxy groups -OCH3 is 1. The molecule has 228 valence electrons. The van der Waals surface area contributed by atoms with Crippen molar-refractivity contribution < 1.29 is 28.6 Å². The zero-order chi connectivity index (χ0) is 30.8. The molecule has 1 aliphatic heterocycles. The third kappa shape index (κ3) is 6.73. The number of nitrogens with zero attached hydrogens (tertiary/aromatic N) is 1. The highest BCUT2D eigenvalue weighted by Gasteiger charge is 2.66. The highest BCUT2D eigenvalue weighted by atomic mass is 35.5. The molecule has 1 aliphatic carbocycles. The van der Waals surface area contributed by atoms with Gasteiger partial charge in [0.15, 0.2) is 0 Å². The van der Waals surface area contributed by atoms with Crippen molar-refractivity contribution in [3.8, 4) is 0 Å². The Morgan fingerprint density at radius 2 is 1.71 bits per heavy atom. The van der Waals surface area contributed by atoms with Crippen molar-refractivity contribution in [3.63, 3.8) is 0 Å². The van der Waals surface area contributed by atoms with Crippen LogP contribution in [0.1, 0.15) is 63.5 Å². The van der Waals surface area contributed by atoms with Crippen molar-refractivity contribution in [1.82, 2.24) is 10.2 Å². The van der Waals surface area contributed by atoms with E-state index in [0.717, 1.165) is 16.0 Å². The molecule has 11 heteroatoms. The molecule has 0 bridgehead atoms. The summed E-state index contributed by atoms with van der Waals surface area (Å²) in [6, 6.07) is 12.2. The van der Waals surface area contributed by atoms with Crippen LogP contribution < -0.4 is 5.32 Å². The number of nitrogens with one attached hydrogen (secondary N) is 1. The molecule has 42 heavy (non-hydrogen) atoms. The van der Waals surface area contributed by atoms with Crippen LogP contribution in [0.15, 0.2) is 42.5 Å². The molecule has 1 N–H and O–H groups in total. The number of ether oxygens (including phenoxy) is 3. The van der Waals surface area contributed by atoms with Gasteiger partial charge in [0, 0.05) is 34.1 Å². The molecule has 1 saturated carbocycles. The normalized spacial score (nSPS) is 25.7. The van der Waals surface area contributed by atoms with E-state index in [4.69, 9.17) is 49.0 Å². The van der Waals surface area contributed by atoms with E-state index in [9.17, 15) is 14.4 Å². The molecule has 2 aromatic carbocycles. The van der Waals surface area contributed by atoms with Gasteiger partial charge in [0.2, 0.25) is 5.91 Å². The van der Waals surface area contributed by atoms with Crippen LogP contribution in [0.5, 0.6) is 0 Å². The molecule has 2 fully saturated rings. The number of carbonyl (C=O) groups is 3. The SMILES string of the molecule is COCCOCC(=O)N[C@@]12CC[C@@H](c3ccc(Cl)cc3Cl)[C@H](c3ccc(Cl)cc3)[C@@H]1[C@@H](C)N(C(=O)OC(C)(C)C)C2=O. The highest BCUT2D eigenvalue weighted by molar-refractivity contribution is 6.35. The first-order valence-electron chi connectivity index (χ1n) is 13.9. The summed E-state index contributed by atoms with van der Waals surface area (Å²) >= 11 is 19.2. The van der Waals surface area contributed by atoms with E-state index in [1.54, 1.807) is 52.1 Å². The van der Waals surface area contributed by atoms with Gasteiger partial charge in [0.1, 0.15) is 17.7 Å². The molecule has 3 amide bonds. The van der Waals surface area contributed by atoms with Gasteiger partial charge in [0.25, 0.3) is 5.91 Å². The summed E-state index contributed by atoms with van der Waals surface area (Å²) in [7, 11) is 1.54. The predicted molar refractivity (Wildman–Crippen MR) is 162 cm³/mol. The average Bonchev–Trinajstić information content (AvgIpc) is 3.12. The number of likely N-dealkylation sites (tertiary alicyclic amines) is 1. The second-order valence-corrected chi connectivity index (χ2v) is 13.2. The van der Waals surface area contributed by atoms with Crippen molar-refractivity contribution >= 4 is 52.7 Å². The first-order chi connectivity index (χ1) is 19.8. The molecule has 1 saturated heterocycles. The van der Waals surface area contributed by atoms with E-state index in [1.165, 1.54) is 0 Å². The summed E-state index contributed by atoms with van der Waals surface area (Å²) in [6.45, 7) is 7.34. The maximum absolute atomic E-state index is 14.4. The molecule has 8 nitrogen and oxygen atoms in total. The van der Waals surface area contributed by atoms with Crippen LogP contribution in [0, 0.1) is 5.92 Å². The predicted octanol–water partition coefficient (Wildman–Crippen LogP) is 6.61. The molecular formula is C31H37Cl3N2O6. The number of amides is 3. The summed E-state index contributed by atoms with van der Waals surface area (Å²) < 4.78 is 16.1. The Balaban J connectivity index is 1.84. The van der Waals surface area contributed by atoms with E-state index in [2.05, 4.69) is 5.32 Å². The van der Waals surface area contributed by atoms with Crippen LogP contribution in [0.4, 0.5) is 4.79 Å². The molecule has 0 aromatic heterocycles. The zero-order valence-electron chi connectivity index (χ0n) is 24.4. The Labute approximate surface area is 261 Å². The van der Waals surface area contributed by atoms with Gasteiger partial charge in [0.05, 0.1) is 13.2 Å². The minimum absolute atomic E-state index is 0.155. The summed E-state index contributed by atoms with van der Waals surface area (Å²) in [5, 5.41) is 4.61. The summed E-state index contributed by atoms with van der Waals surface area (Å²) in [6.07, 6.45) is 0.0177. The fourth-order valence-corrected chi connectivity index (χ4v) is 7.11. The number of rotatable bonds is 8. The Hall–Kier alpha value is -2.36. The Bertz CT molecular complexity index is 1310. The number of imide groups is 1. The minimum Gasteiger partial charge on any atom is -0.443 e. The number of benzene rings is 2. The van der Waals surface area contributed by atoms with Gasteiger partial charge in [-0.2, -0.15) is 0 Å². The van der Waals surface area contributed by atoms with Crippen LogP contribution in [0.2, 0.25) is 15.1 Å². The number of hydrogen-bond acceptors (Lipinski definition) is 6. The third-order valence-electron chi connectivity index (χ3n) is 8.00. The number of carbonyl (C=O) groups excluding carboxylic acids is 3. The third-order valence-corrected chi connectivity index (χ3v) is 8.82. The molecule has 5 atom stereocenters. The van der Waals surface area contributed by atoms with Gasteiger partial charge in [-0.25, -0.2) is 9.69 Å². The Kier molecular flexibility index (Phi) is 10.2. The molecule has 4 rings (SSSR count). The van der Waals surface area contributed by atoms with Gasteiger partial charge in [-0.1, -0.05) is 53.0 Å². The maximum Gasteiger partial charge on any atom is 0.417 e. The molecular weight excluding hydrogens is 603 g/mol.